The highest BCUT2D eigenvalue weighted by Gasteiger charge is 2.41. The maximum atomic E-state index is 5.76. The van der Waals surface area contributed by atoms with Crippen LogP contribution < -0.4 is 5.32 Å². The van der Waals surface area contributed by atoms with E-state index in [1.54, 1.807) is 7.11 Å². The van der Waals surface area contributed by atoms with Crippen LogP contribution in [-0.2, 0) is 4.74 Å². The second kappa shape index (κ2) is 9.16. The van der Waals surface area contributed by atoms with Gasteiger partial charge in [-0.1, -0.05) is 12.1 Å². The molecule has 31 heavy (non-hydrogen) atoms. The molecule has 4 heterocycles. The van der Waals surface area contributed by atoms with E-state index in [9.17, 15) is 0 Å². The first-order valence-corrected chi connectivity index (χ1v) is 11.0. The second-order valence-electron chi connectivity index (χ2n) is 8.02. The first kappa shape index (κ1) is 21.5. The highest BCUT2D eigenvalue weighted by atomic mass is 32.1. The number of rotatable bonds is 7. The van der Waals surface area contributed by atoms with Crippen molar-refractivity contribution in [2.75, 3.05) is 20.3 Å². The van der Waals surface area contributed by atoms with Gasteiger partial charge in [0.25, 0.3) is 0 Å². The van der Waals surface area contributed by atoms with Gasteiger partial charge in [-0.2, -0.15) is 0 Å². The number of hydrogen-bond acceptors (Lipinski definition) is 4. The molecule has 0 amide bonds. The molecule has 0 aliphatic carbocycles. The summed E-state index contributed by atoms with van der Waals surface area (Å²) >= 11 is 5.76. The number of nitrogens with zero attached hydrogens (tertiary/aromatic N) is 4. The highest BCUT2D eigenvalue weighted by molar-refractivity contribution is 7.80. The third-order valence-corrected chi connectivity index (χ3v) is 6.21. The van der Waals surface area contributed by atoms with Crippen LogP contribution in [0.15, 0.2) is 48.8 Å². The molecule has 0 saturated carbocycles. The van der Waals surface area contributed by atoms with Gasteiger partial charge >= 0.3 is 0 Å². The molecule has 162 valence electrons. The van der Waals surface area contributed by atoms with Crippen molar-refractivity contribution in [2.24, 2.45) is 0 Å². The van der Waals surface area contributed by atoms with Crippen molar-refractivity contribution in [3.8, 4) is 5.82 Å². The normalized spacial score (nSPS) is 18.5. The molecule has 2 atom stereocenters. The molecule has 6 nitrogen and oxygen atoms in total. The highest BCUT2D eigenvalue weighted by Crippen LogP contribution is 2.41. The topological polar surface area (TPSA) is 55.2 Å². The van der Waals surface area contributed by atoms with Crippen LogP contribution in [0.1, 0.15) is 46.7 Å². The monoisotopic (exact) mass is 435 g/mol. The first-order chi connectivity index (χ1) is 15.0. The molecule has 0 radical (unpaired) electrons. The Hall–Kier alpha value is -2.77. The van der Waals surface area contributed by atoms with E-state index in [-0.39, 0.29) is 12.1 Å². The molecule has 1 aliphatic rings. The van der Waals surface area contributed by atoms with Gasteiger partial charge in [-0.15, -0.1) is 0 Å². The number of hydrogen-bond donors (Lipinski definition) is 1. The number of ether oxygens (including phenoxy) is 1. The summed E-state index contributed by atoms with van der Waals surface area (Å²) in [6.45, 7) is 7.86. The molecule has 1 fully saturated rings. The van der Waals surface area contributed by atoms with Crippen LogP contribution in [0.3, 0.4) is 0 Å². The molecule has 0 spiro atoms. The zero-order valence-electron chi connectivity index (χ0n) is 18.5. The Balaban J connectivity index is 1.78. The second-order valence-corrected chi connectivity index (χ2v) is 8.41. The molecule has 1 aliphatic heterocycles. The van der Waals surface area contributed by atoms with Gasteiger partial charge in [0.2, 0.25) is 0 Å². The van der Waals surface area contributed by atoms with Crippen molar-refractivity contribution in [1.29, 1.82) is 0 Å². The molecule has 7 heteroatoms. The molecule has 4 rings (SSSR count). The van der Waals surface area contributed by atoms with E-state index in [2.05, 4.69) is 69.8 Å². The van der Waals surface area contributed by atoms with Crippen LogP contribution in [0.25, 0.3) is 5.82 Å². The van der Waals surface area contributed by atoms with Crippen molar-refractivity contribution in [3.63, 3.8) is 0 Å². The Kier molecular flexibility index (Phi) is 6.34. The summed E-state index contributed by atoms with van der Waals surface area (Å²) in [5, 5.41) is 4.29. The van der Waals surface area contributed by atoms with E-state index in [1.165, 1.54) is 11.3 Å². The summed E-state index contributed by atoms with van der Waals surface area (Å²) in [7, 11) is 1.73. The minimum absolute atomic E-state index is 0.0174. The van der Waals surface area contributed by atoms with E-state index in [0.29, 0.717) is 6.61 Å². The summed E-state index contributed by atoms with van der Waals surface area (Å²) in [6, 6.07) is 12.5. The van der Waals surface area contributed by atoms with Crippen molar-refractivity contribution in [2.45, 2.75) is 39.3 Å². The van der Waals surface area contributed by atoms with Crippen LogP contribution in [0.4, 0.5) is 0 Å². The summed E-state index contributed by atoms with van der Waals surface area (Å²) < 4.78 is 7.51. The maximum absolute atomic E-state index is 5.76. The molecule has 0 aromatic carbocycles. The molecule has 0 bridgehead atoms. The lowest BCUT2D eigenvalue weighted by Gasteiger charge is -2.28. The third-order valence-electron chi connectivity index (χ3n) is 5.86. The Morgan fingerprint density at radius 1 is 1.13 bits per heavy atom. The zero-order valence-corrected chi connectivity index (χ0v) is 19.3. The van der Waals surface area contributed by atoms with E-state index in [4.69, 9.17) is 17.0 Å². The first-order valence-electron chi connectivity index (χ1n) is 10.6. The van der Waals surface area contributed by atoms with Crippen LogP contribution in [0, 0.1) is 20.8 Å². The van der Waals surface area contributed by atoms with Crippen molar-refractivity contribution >= 4 is 17.3 Å². The van der Waals surface area contributed by atoms with Gasteiger partial charge in [0, 0.05) is 44.0 Å². The standard InChI is InChI=1S/C24H29N5OS/c1-16-9-10-21(26-15-16)29-17(2)14-19(18(29)3)23-22(20-8-5-6-11-25-20)27-24(31)28(23)12-7-13-30-4/h5-6,8-11,14-15,22-23H,7,12-13H2,1-4H3,(H,27,31)/t22-,23+/m1/s1. The molecular formula is C24H29N5OS. The summed E-state index contributed by atoms with van der Waals surface area (Å²) in [5.74, 6) is 0.931. The largest absolute Gasteiger partial charge is 0.385 e. The van der Waals surface area contributed by atoms with E-state index in [1.807, 2.05) is 24.5 Å². The van der Waals surface area contributed by atoms with Crippen LogP contribution in [-0.4, -0.2) is 44.8 Å². The predicted octanol–water partition coefficient (Wildman–Crippen LogP) is 4.20. The fourth-order valence-electron chi connectivity index (χ4n) is 4.40. The van der Waals surface area contributed by atoms with Gasteiger partial charge in [0.15, 0.2) is 5.11 Å². The molecule has 3 aromatic heterocycles. The Labute approximate surface area is 189 Å². The minimum Gasteiger partial charge on any atom is -0.385 e. The Bertz CT molecular complexity index is 1050. The molecule has 1 N–H and O–H groups in total. The van der Waals surface area contributed by atoms with Gasteiger partial charge in [-0.05, 0) is 74.8 Å². The third kappa shape index (κ3) is 4.20. The van der Waals surface area contributed by atoms with Gasteiger partial charge in [-0.25, -0.2) is 4.98 Å². The summed E-state index contributed by atoms with van der Waals surface area (Å²) in [6.07, 6.45) is 4.65. The number of aryl methyl sites for hydroxylation is 2. The number of pyridine rings is 2. The zero-order chi connectivity index (χ0) is 22.0. The Morgan fingerprint density at radius 2 is 1.97 bits per heavy atom. The van der Waals surface area contributed by atoms with Crippen molar-refractivity contribution in [3.05, 3.63) is 77.0 Å². The number of thiocarbonyl (C=S) groups is 1. The fourth-order valence-corrected chi connectivity index (χ4v) is 4.73. The number of methoxy groups -OCH3 is 1. The smallest absolute Gasteiger partial charge is 0.170 e. The maximum Gasteiger partial charge on any atom is 0.170 e. The van der Waals surface area contributed by atoms with Crippen LogP contribution >= 0.6 is 12.2 Å². The molecule has 3 aromatic rings. The van der Waals surface area contributed by atoms with Crippen molar-refractivity contribution < 1.29 is 4.74 Å². The molecular weight excluding hydrogens is 406 g/mol. The van der Waals surface area contributed by atoms with Gasteiger partial charge in [0.05, 0.1) is 17.8 Å². The summed E-state index contributed by atoms with van der Waals surface area (Å²) in [4.78, 5) is 11.6. The summed E-state index contributed by atoms with van der Waals surface area (Å²) in [5.41, 5.74) is 5.69. The lowest BCUT2D eigenvalue weighted by molar-refractivity contribution is 0.180. The Morgan fingerprint density at radius 3 is 2.65 bits per heavy atom. The number of aromatic nitrogens is 3. The molecule has 0 unspecified atom stereocenters. The van der Waals surface area contributed by atoms with Gasteiger partial charge in [-0.3, -0.25) is 4.98 Å². The average molecular weight is 436 g/mol. The van der Waals surface area contributed by atoms with Crippen LogP contribution in [0.5, 0.6) is 0 Å². The van der Waals surface area contributed by atoms with Gasteiger partial charge in [0.1, 0.15) is 5.82 Å². The predicted molar refractivity (Wildman–Crippen MR) is 126 cm³/mol. The fraction of sp³-hybridized carbons (Fsp3) is 0.375. The average Bonchev–Trinajstić information content (AvgIpc) is 3.25. The van der Waals surface area contributed by atoms with E-state index >= 15 is 0 Å². The number of nitrogens with one attached hydrogen (secondary N) is 1. The lowest BCUT2D eigenvalue weighted by atomic mass is 9.96. The lowest BCUT2D eigenvalue weighted by Crippen LogP contribution is -2.31. The van der Waals surface area contributed by atoms with Crippen LogP contribution in [0.2, 0.25) is 0 Å². The van der Waals surface area contributed by atoms with E-state index in [0.717, 1.165) is 40.8 Å². The van der Waals surface area contributed by atoms with E-state index < -0.39 is 0 Å². The SMILES string of the molecule is COCCCN1C(=S)N[C@H](c2ccccn2)[C@@H]1c1cc(C)n(-c2ccc(C)cn2)c1C. The quantitative estimate of drug-likeness (QED) is 0.443. The van der Waals surface area contributed by atoms with Gasteiger partial charge < -0.3 is 19.5 Å². The minimum atomic E-state index is -0.0174. The van der Waals surface area contributed by atoms with Crippen molar-refractivity contribution in [1.82, 2.24) is 24.8 Å². The molecule has 1 saturated heterocycles.